The molecule has 1 aliphatic rings. The van der Waals surface area contributed by atoms with Gasteiger partial charge in [0.1, 0.15) is 5.75 Å². The van der Waals surface area contributed by atoms with E-state index in [-0.39, 0.29) is 23.9 Å². The molecule has 0 N–H and O–H groups in total. The third-order valence-electron chi connectivity index (χ3n) is 5.80. The Morgan fingerprint density at radius 2 is 1.58 bits per heavy atom. The molecule has 0 saturated carbocycles. The molecule has 3 aromatic carbocycles. The van der Waals surface area contributed by atoms with Crippen molar-refractivity contribution in [3.63, 3.8) is 0 Å². The fraction of sp³-hybridized carbons (Fsp3) is 0.231. The molecule has 0 fully saturated rings. The summed E-state index contributed by atoms with van der Waals surface area (Å²) in [5, 5.41) is 0. The molecule has 0 saturated heterocycles. The molecule has 0 aromatic heterocycles. The maximum absolute atomic E-state index is 13.5. The number of carbonyl (C=O) groups excluding carboxylic acids is 2. The van der Waals surface area contributed by atoms with Gasteiger partial charge in [-0.05, 0) is 61.4 Å². The largest absolute Gasteiger partial charge is 0.497 e. The van der Waals surface area contributed by atoms with Crippen LogP contribution in [0.15, 0.2) is 78.9 Å². The maximum atomic E-state index is 13.5. The minimum atomic E-state index is -0.147. The fourth-order valence-electron chi connectivity index (χ4n) is 4.38. The Balaban J connectivity index is 1.75. The summed E-state index contributed by atoms with van der Waals surface area (Å²) in [5.41, 5.74) is 3.28. The van der Waals surface area contributed by atoms with Crippen LogP contribution in [0.25, 0.3) is 0 Å². The van der Waals surface area contributed by atoms with Gasteiger partial charge in [-0.15, -0.1) is 0 Å². The lowest BCUT2D eigenvalue weighted by Crippen LogP contribution is -2.47. The molecule has 5 heteroatoms. The number of rotatable bonds is 4. The second kappa shape index (κ2) is 8.64. The van der Waals surface area contributed by atoms with Gasteiger partial charge in [-0.2, -0.15) is 0 Å². The normalized spacial score (nSPS) is 17.6. The van der Waals surface area contributed by atoms with Crippen molar-refractivity contribution >= 4 is 23.2 Å². The standard InChI is InChI=1S/C26H26N2O3/c1-18-17-25(28(19(2)29)21-9-5-4-6-10-21)23-11-7-8-12-24(23)27(18)26(30)20-13-15-22(31-3)16-14-20/h4-16,18,25H,17H2,1-3H3/t18-,25-/m0/s1. The van der Waals surface area contributed by atoms with E-state index in [0.717, 1.165) is 16.9 Å². The monoisotopic (exact) mass is 414 g/mol. The number of benzene rings is 3. The number of hydrogen-bond donors (Lipinski definition) is 0. The average Bonchev–Trinajstić information content (AvgIpc) is 2.79. The molecular weight excluding hydrogens is 388 g/mol. The van der Waals surface area contributed by atoms with Crippen LogP contribution >= 0.6 is 0 Å². The van der Waals surface area contributed by atoms with Gasteiger partial charge < -0.3 is 14.5 Å². The first-order valence-electron chi connectivity index (χ1n) is 10.4. The molecule has 4 rings (SSSR count). The number of para-hydroxylation sites is 2. The SMILES string of the molecule is COc1ccc(C(=O)N2c3ccccc3[C@@H](N(C(C)=O)c3ccccc3)C[C@@H]2C)cc1. The van der Waals surface area contributed by atoms with E-state index in [4.69, 9.17) is 4.74 Å². The van der Waals surface area contributed by atoms with E-state index in [1.54, 1.807) is 38.3 Å². The van der Waals surface area contributed by atoms with Crippen molar-refractivity contribution in [3.05, 3.63) is 90.0 Å². The number of anilines is 2. The Kier molecular flexibility index (Phi) is 5.76. The Morgan fingerprint density at radius 1 is 0.935 bits per heavy atom. The van der Waals surface area contributed by atoms with Gasteiger partial charge in [0, 0.05) is 29.9 Å². The summed E-state index contributed by atoms with van der Waals surface area (Å²) < 4.78 is 5.21. The van der Waals surface area contributed by atoms with Crippen LogP contribution in [0.3, 0.4) is 0 Å². The molecule has 3 aromatic rings. The van der Waals surface area contributed by atoms with Crippen molar-refractivity contribution in [2.24, 2.45) is 0 Å². The van der Waals surface area contributed by atoms with E-state index < -0.39 is 0 Å². The Hall–Kier alpha value is -3.60. The summed E-state index contributed by atoms with van der Waals surface area (Å²) in [6.45, 7) is 3.63. The zero-order valence-electron chi connectivity index (χ0n) is 18.0. The topological polar surface area (TPSA) is 49.9 Å². The van der Waals surface area contributed by atoms with Gasteiger partial charge in [0.05, 0.1) is 13.2 Å². The summed E-state index contributed by atoms with van der Waals surface area (Å²) >= 11 is 0. The quantitative estimate of drug-likeness (QED) is 0.587. The number of fused-ring (bicyclic) bond motifs is 1. The molecule has 158 valence electrons. The lowest BCUT2D eigenvalue weighted by atomic mass is 9.89. The molecule has 1 heterocycles. The van der Waals surface area contributed by atoms with E-state index >= 15 is 0 Å². The summed E-state index contributed by atoms with van der Waals surface area (Å²) in [5.74, 6) is 0.631. The molecule has 0 spiro atoms. The lowest BCUT2D eigenvalue weighted by molar-refractivity contribution is -0.117. The Labute approximate surface area is 182 Å². The number of amides is 2. The minimum absolute atomic E-state index is 0.0202. The zero-order valence-corrected chi connectivity index (χ0v) is 18.0. The van der Waals surface area contributed by atoms with Crippen LogP contribution in [0.1, 0.15) is 42.2 Å². The minimum Gasteiger partial charge on any atom is -0.497 e. The van der Waals surface area contributed by atoms with Gasteiger partial charge in [-0.3, -0.25) is 9.59 Å². The van der Waals surface area contributed by atoms with Crippen LogP contribution in [0, 0.1) is 0 Å². The van der Waals surface area contributed by atoms with Crippen molar-refractivity contribution in [3.8, 4) is 5.75 Å². The molecular formula is C26H26N2O3. The fourth-order valence-corrected chi connectivity index (χ4v) is 4.38. The van der Waals surface area contributed by atoms with Crippen LogP contribution in [0.2, 0.25) is 0 Å². The third-order valence-corrected chi connectivity index (χ3v) is 5.80. The summed E-state index contributed by atoms with van der Waals surface area (Å²) in [6, 6.07) is 24.5. The second-order valence-corrected chi connectivity index (χ2v) is 7.79. The highest BCUT2D eigenvalue weighted by molar-refractivity contribution is 6.07. The first kappa shape index (κ1) is 20.7. The van der Waals surface area contributed by atoms with E-state index in [9.17, 15) is 9.59 Å². The van der Waals surface area contributed by atoms with E-state index in [1.807, 2.05) is 71.3 Å². The van der Waals surface area contributed by atoms with E-state index in [1.165, 1.54) is 0 Å². The van der Waals surface area contributed by atoms with Gasteiger partial charge in [-0.25, -0.2) is 0 Å². The molecule has 0 aliphatic carbocycles. The first-order chi connectivity index (χ1) is 15.0. The summed E-state index contributed by atoms with van der Waals surface area (Å²) in [4.78, 5) is 29.8. The van der Waals surface area contributed by atoms with Gasteiger partial charge in [0.15, 0.2) is 0 Å². The molecule has 5 nitrogen and oxygen atoms in total. The van der Waals surface area contributed by atoms with Crippen molar-refractivity contribution in [2.75, 3.05) is 16.9 Å². The Bertz CT molecular complexity index is 1080. The van der Waals surface area contributed by atoms with Crippen LogP contribution in [0.4, 0.5) is 11.4 Å². The van der Waals surface area contributed by atoms with Gasteiger partial charge >= 0.3 is 0 Å². The predicted molar refractivity (Wildman–Crippen MR) is 123 cm³/mol. The van der Waals surface area contributed by atoms with Crippen molar-refractivity contribution in [1.82, 2.24) is 0 Å². The van der Waals surface area contributed by atoms with Crippen molar-refractivity contribution < 1.29 is 14.3 Å². The molecule has 0 unspecified atom stereocenters. The average molecular weight is 415 g/mol. The molecule has 2 amide bonds. The molecule has 0 bridgehead atoms. The van der Waals surface area contributed by atoms with Gasteiger partial charge in [0.2, 0.25) is 5.91 Å². The number of ether oxygens (including phenoxy) is 1. The van der Waals surface area contributed by atoms with E-state index in [2.05, 4.69) is 0 Å². The van der Waals surface area contributed by atoms with Crippen molar-refractivity contribution in [2.45, 2.75) is 32.4 Å². The number of methoxy groups -OCH3 is 1. The molecule has 2 atom stereocenters. The molecule has 31 heavy (non-hydrogen) atoms. The third kappa shape index (κ3) is 3.91. The highest BCUT2D eigenvalue weighted by Crippen LogP contribution is 2.42. The smallest absolute Gasteiger partial charge is 0.258 e. The van der Waals surface area contributed by atoms with E-state index in [0.29, 0.717) is 17.7 Å². The van der Waals surface area contributed by atoms with Crippen molar-refractivity contribution in [1.29, 1.82) is 0 Å². The first-order valence-corrected chi connectivity index (χ1v) is 10.4. The van der Waals surface area contributed by atoms with Crippen LogP contribution < -0.4 is 14.5 Å². The second-order valence-electron chi connectivity index (χ2n) is 7.79. The van der Waals surface area contributed by atoms with Crippen LogP contribution in [-0.4, -0.2) is 25.0 Å². The highest BCUT2D eigenvalue weighted by Gasteiger charge is 2.38. The lowest BCUT2D eigenvalue weighted by Gasteiger charge is -2.43. The van der Waals surface area contributed by atoms with Crippen LogP contribution in [0.5, 0.6) is 5.75 Å². The Morgan fingerprint density at radius 3 is 2.23 bits per heavy atom. The summed E-state index contributed by atoms with van der Waals surface area (Å²) in [6.07, 6.45) is 0.646. The number of nitrogens with zero attached hydrogens (tertiary/aromatic N) is 2. The van der Waals surface area contributed by atoms with Crippen LogP contribution in [-0.2, 0) is 4.79 Å². The summed E-state index contributed by atoms with van der Waals surface area (Å²) in [7, 11) is 1.60. The van der Waals surface area contributed by atoms with Gasteiger partial charge in [0.25, 0.3) is 5.91 Å². The predicted octanol–water partition coefficient (Wildman–Crippen LogP) is 5.23. The molecule has 0 radical (unpaired) electrons. The zero-order chi connectivity index (χ0) is 22.0. The van der Waals surface area contributed by atoms with Gasteiger partial charge in [-0.1, -0.05) is 36.4 Å². The number of hydrogen-bond acceptors (Lipinski definition) is 3. The maximum Gasteiger partial charge on any atom is 0.258 e. The highest BCUT2D eigenvalue weighted by atomic mass is 16.5. The number of carbonyl (C=O) groups is 2. The molecule has 1 aliphatic heterocycles.